The Morgan fingerprint density at radius 1 is 0.375 bits per heavy atom. The van der Waals surface area contributed by atoms with Crippen LogP contribution >= 0.6 is 0 Å². The van der Waals surface area contributed by atoms with Crippen LogP contribution in [0, 0.1) is 0 Å². The van der Waals surface area contributed by atoms with Crippen LogP contribution in [0.2, 0.25) is 0 Å². The van der Waals surface area contributed by atoms with Gasteiger partial charge in [0.15, 0.2) is 0 Å². The predicted octanol–water partition coefficient (Wildman–Crippen LogP) is 5.10. The first-order valence-electron chi connectivity index (χ1n) is 8.04. The Balaban J connectivity index is 2.11. The SMILES string of the molecule is c1cc2ccc3ncc4ncc5ncc6ccc1c1c2c3c4c5c61. The maximum absolute atomic E-state index is 4.66. The summed E-state index contributed by atoms with van der Waals surface area (Å²) in [5.41, 5.74) is 2.94. The van der Waals surface area contributed by atoms with Crippen molar-refractivity contribution in [3.05, 3.63) is 55.0 Å². The molecule has 3 aromatic heterocycles. The molecule has 3 heterocycles. The lowest BCUT2D eigenvalue weighted by Crippen LogP contribution is -1.95. The molecule has 4 aromatic carbocycles. The van der Waals surface area contributed by atoms with Crippen molar-refractivity contribution in [2.24, 2.45) is 0 Å². The predicted molar refractivity (Wildman–Crippen MR) is 98.4 cm³/mol. The molecule has 0 atom stereocenters. The number of hydrogen-bond donors (Lipinski definition) is 0. The fraction of sp³-hybridized carbons (Fsp3) is 0. The van der Waals surface area contributed by atoms with Crippen molar-refractivity contribution in [3.63, 3.8) is 0 Å². The van der Waals surface area contributed by atoms with Crippen LogP contribution in [0.25, 0.3) is 65.0 Å². The van der Waals surface area contributed by atoms with Gasteiger partial charge in [-0.05, 0) is 22.2 Å². The highest BCUT2D eigenvalue weighted by atomic mass is 14.8. The molecular weight excluding hydrogens is 294 g/mol. The van der Waals surface area contributed by atoms with E-state index in [0.717, 1.165) is 16.6 Å². The number of hydrogen-bond acceptors (Lipinski definition) is 3. The van der Waals surface area contributed by atoms with Gasteiger partial charge < -0.3 is 0 Å². The molecule has 0 bridgehead atoms. The van der Waals surface area contributed by atoms with Crippen molar-refractivity contribution in [3.8, 4) is 0 Å². The van der Waals surface area contributed by atoms with Crippen LogP contribution in [0.3, 0.4) is 0 Å². The van der Waals surface area contributed by atoms with Gasteiger partial charge in [-0.25, -0.2) is 0 Å². The summed E-state index contributed by atoms with van der Waals surface area (Å²) in [5, 5.41) is 11.3. The molecule has 0 aliphatic rings. The maximum atomic E-state index is 4.66. The molecule has 0 saturated carbocycles. The van der Waals surface area contributed by atoms with E-state index in [2.05, 4.69) is 51.4 Å². The zero-order chi connectivity index (χ0) is 15.4. The van der Waals surface area contributed by atoms with Crippen LogP contribution in [0.1, 0.15) is 0 Å². The lowest BCUT2D eigenvalue weighted by atomic mass is 9.87. The Morgan fingerprint density at radius 2 is 0.833 bits per heavy atom. The molecule has 0 aliphatic heterocycles. The molecule has 7 rings (SSSR count). The molecule has 7 aromatic rings. The Labute approximate surface area is 135 Å². The van der Waals surface area contributed by atoms with Crippen LogP contribution in [-0.2, 0) is 0 Å². The van der Waals surface area contributed by atoms with E-state index in [4.69, 9.17) is 0 Å². The van der Waals surface area contributed by atoms with Gasteiger partial charge in [0.25, 0.3) is 0 Å². The molecule has 0 radical (unpaired) electrons. The Bertz CT molecular complexity index is 1150. The van der Waals surface area contributed by atoms with Gasteiger partial charge in [-0.1, -0.05) is 30.3 Å². The van der Waals surface area contributed by atoms with E-state index in [-0.39, 0.29) is 0 Å². The topological polar surface area (TPSA) is 38.7 Å². The van der Waals surface area contributed by atoms with E-state index in [0.29, 0.717) is 0 Å². The summed E-state index contributed by atoms with van der Waals surface area (Å²) >= 11 is 0. The van der Waals surface area contributed by atoms with Crippen LogP contribution in [0.15, 0.2) is 55.0 Å². The summed E-state index contributed by atoms with van der Waals surface area (Å²) in [4.78, 5) is 13.9. The number of rotatable bonds is 0. The first-order chi connectivity index (χ1) is 11.9. The lowest BCUT2D eigenvalue weighted by molar-refractivity contribution is 1.35. The van der Waals surface area contributed by atoms with Crippen LogP contribution < -0.4 is 0 Å². The minimum atomic E-state index is 0.948. The standard InChI is InChI=1S/C21H9N3/c1-2-11-5-6-13-19-17(11)16-10(1)3-4-12-7-22-14-9-24-15(8-23-13)21(19)20(14)18(12)16/h1-9H. The molecule has 24 heavy (non-hydrogen) atoms. The summed E-state index contributed by atoms with van der Waals surface area (Å²) < 4.78 is 0. The first-order valence-corrected chi connectivity index (χ1v) is 8.04. The van der Waals surface area contributed by atoms with E-state index in [1.165, 1.54) is 48.5 Å². The lowest BCUT2D eigenvalue weighted by Gasteiger charge is -2.18. The molecule has 3 nitrogen and oxygen atoms in total. The summed E-state index contributed by atoms with van der Waals surface area (Å²) in [6.45, 7) is 0. The highest BCUT2D eigenvalue weighted by Crippen LogP contribution is 2.46. The van der Waals surface area contributed by atoms with E-state index in [9.17, 15) is 0 Å². The average molecular weight is 303 g/mol. The van der Waals surface area contributed by atoms with Crippen molar-refractivity contribution >= 4 is 65.0 Å². The number of benzene rings is 4. The van der Waals surface area contributed by atoms with E-state index >= 15 is 0 Å². The molecule has 108 valence electrons. The molecule has 0 saturated heterocycles. The first kappa shape index (κ1) is 11.2. The molecule has 0 N–H and O–H groups in total. The monoisotopic (exact) mass is 303 g/mol. The molecular formula is C21H9N3. The van der Waals surface area contributed by atoms with Crippen molar-refractivity contribution in [2.75, 3.05) is 0 Å². The van der Waals surface area contributed by atoms with Gasteiger partial charge in [0, 0.05) is 38.5 Å². The second-order valence-electron chi connectivity index (χ2n) is 6.55. The number of pyridine rings is 3. The van der Waals surface area contributed by atoms with Gasteiger partial charge in [0.1, 0.15) is 0 Å². The Morgan fingerprint density at radius 3 is 1.62 bits per heavy atom. The zero-order valence-electron chi connectivity index (χ0n) is 12.5. The van der Waals surface area contributed by atoms with Gasteiger partial charge in [0.05, 0.1) is 28.9 Å². The fourth-order valence-corrected chi connectivity index (χ4v) is 4.46. The average Bonchev–Trinajstić information content (AvgIpc) is 2.65. The second kappa shape index (κ2) is 3.44. The maximum Gasteiger partial charge on any atom is 0.0899 e. The second-order valence-corrected chi connectivity index (χ2v) is 6.55. The van der Waals surface area contributed by atoms with Crippen molar-refractivity contribution in [1.29, 1.82) is 0 Å². The van der Waals surface area contributed by atoms with Crippen molar-refractivity contribution in [2.45, 2.75) is 0 Å². The van der Waals surface area contributed by atoms with Crippen LogP contribution in [-0.4, -0.2) is 15.0 Å². The normalized spacial score (nSPS) is 13.0. The fourth-order valence-electron chi connectivity index (χ4n) is 4.46. The van der Waals surface area contributed by atoms with E-state index in [1.54, 1.807) is 0 Å². The molecule has 0 spiro atoms. The third kappa shape index (κ3) is 1.05. The third-order valence-electron chi connectivity index (χ3n) is 5.43. The van der Waals surface area contributed by atoms with E-state index < -0.39 is 0 Å². The molecule has 0 aliphatic carbocycles. The van der Waals surface area contributed by atoms with Crippen molar-refractivity contribution < 1.29 is 0 Å². The summed E-state index contributed by atoms with van der Waals surface area (Å²) in [7, 11) is 0. The zero-order valence-corrected chi connectivity index (χ0v) is 12.5. The van der Waals surface area contributed by atoms with E-state index in [1.807, 2.05) is 18.6 Å². The third-order valence-corrected chi connectivity index (χ3v) is 5.43. The molecule has 0 unspecified atom stereocenters. The molecule has 0 fully saturated rings. The molecule has 3 heteroatoms. The number of aromatic nitrogens is 3. The Hall–Kier alpha value is -3.33. The molecule has 0 amide bonds. The van der Waals surface area contributed by atoms with Gasteiger partial charge >= 0.3 is 0 Å². The van der Waals surface area contributed by atoms with Gasteiger partial charge in [-0.15, -0.1) is 0 Å². The highest BCUT2D eigenvalue weighted by molar-refractivity contribution is 6.43. The van der Waals surface area contributed by atoms with Gasteiger partial charge in [0.2, 0.25) is 0 Å². The minimum absolute atomic E-state index is 0.948. The largest absolute Gasteiger partial charge is 0.254 e. The summed E-state index contributed by atoms with van der Waals surface area (Å²) in [5.74, 6) is 0. The van der Waals surface area contributed by atoms with Gasteiger partial charge in [-0.3, -0.25) is 15.0 Å². The van der Waals surface area contributed by atoms with Gasteiger partial charge in [-0.2, -0.15) is 0 Å². The smallest absolute Gasteiger partial charge is 0.0899 e. The minimum Gasteiger partial charge on any atom is -0.254 e. The number of nitrogens with zero attached hydrogens (tertiary/aromatic N) is 3. The van der Waals surface area contributed by atoms with Crippen LogP contribution in [0.4, 0.5) is 0 Å². The Kier molecular flexibility index (Phi) is 1.61. The van der Waals surface area contributed by atoms with Crippen molar-refractivity contribution in [1.82, 2.24) is 15.0 Å². The summed E-state index contributed by atoms with van der Waals surface area (Å²) in [6.07, 6.45) is 5.73. The highest BCUT2D eigenvalue weighted by Gasteiger charge is 2.20. The quantitative estimate of drug-likeness (QED) is 0.289. The summed E-state index contributed by atoms with van der Waals surface area (Å²) in [6, 6.07) is 13.1. The van der Waals surface area contributed by atoms with Crippen LogP contribution in [0.5, 0.6) is 0 Å².